The highest BCUT2D eigenvalue weighted by Gasteiger charge is 2.16. The molecule has 192 valence electrons. The van der Waals surface area contributed by atoms with Gasteiger partial charge in [0.2, 0.25) is 0 Å². The number of terminal acetylenes is 3. The van der Waals surface area contributed by atoms with Crippen LogP contribution in [0.2, 0.25) is 0 Å². The largest absolute Gasteiger partial charge is 0.323 e. The molecule has 0 heterocycles. The van der Waals surface area contributed by atoms with Crippen molar-refractivity contribution in [2.75, 3.05) is 21.3 Å². The first-order valence-corrected chi connectivity index (χ1v) is 11.9. The smallest absolute Gasteiger partial charge is 0.322 e. The van der Waals surface area contributed by atoms with Crippen molar-refractivity contribution in [3.8, 4) is 37.0 Å². The number of anilines is 4. The molecule has 40 heavy (non-hydrogen) atoms. The van der Waals surface area contributed by atoms with Gasteiger partial charge in [0, 0.05) is 50.6 Å². The summed E-state index contributed by atoms with van der Waals surface area (Å²) in [5.41, 5.74) is 3.66. The summed E-state index contributed by atoms with van der Waals surface area (Å²) in [6, 6.07) is 24.0. The average Bonchev–Trinajstić information content (AvgIpc) is 2.97. The van der Waals surface area contributed by atoms with Gasteiger partial charge in [-0.1, -0.05) is 36.0 Å². The molecule has 0 atom stereocenters. The van der Waals surface area contributed by atoms with E-state index in [0.29, 0.717) is 33.8 Å². The third kappa shape index (κ3) is 6.95. The zero-order chi connectivity index (χ0) is 28.5. The van der Waals surface area contributed by atoms with Crippen molar-refractivity contribution in [2.45, 2.75) is 0 Å². The van der Waals surface area contributed by atoms with Crippen LogP contribution in [-0.4, -0.2) is 17.8 Å². The van der Waals surface area contributed by atoms with Crippen molar-refractivity contribution >= 4 is 40.6 Å². The molecule has 0 aromatic heterocycles. The van der Waals surface area contributed by atoms with Crippen LogP contribution in [0.25, 0.3) is 0 Å². The minimum Gasteiger partial charge on any atom is -0.322 e. The molecule has 0 bridgehead atoms. The van der Waals surface area contributed by atoms with E-state index in [4.69, 9.17) is 19.3 Å². The number of hydrogen-bond donors (Lipinski definition) is 4. The standard InChI is InChI=1S/C33H22N4O3/c1-4-22-10-7-13-27(16-22)34-31(38)25-19-26(32(39)35-28-14-8-11-23(5-2)17-28)21-30(20-25)37-33(40)36-29-15-9-12-24(6-3)18-29/h1-3,7-21H,(H,34,38)(H,35,39)(H2,36,37,40). The van der Waals surface area contributed by atoms with Crippen LogP contribution in [0, 0.1) is 37.0 Å². The van der Waals surface area contributed by atoms with Crippen molar-refractivity contribution in [1.82, 2.24) is 0 Å². The lowest BCUT2D eigenvalue weighted by Crippen LogP contribution is -2.21. The van der Waals surface area contributed by atoms with E-state index < -0.39 is 17.8 Å². The predicted molar refractivity (Wildman–Crippen MR) is 158 cm³/mol. The van der Waals surface area contributed by atoms with Crippen LogP contribution < -0.4 is 21.3 Å². The maximum Gasteiger partial charge on any atom is 0.323 e. The lowest BCUT2D eigenvalue weighted by molar-refractivity contribution is 0.102. The topological polar surface area (TPSA) is 99.3 Å². The van der Waals surface area contributed by atoms with Crippen LogP contribution in [0.5, 0.6) is 0 Å². The van der Waals surface area contributed by atoms with Gasteiger partial charge in [0.1, 0.15) is 0 Å². The van der Waals surface area contributed by atoms with Gasteiger partial charge in [0.25, 0.3) is 11.8 Å². The van der Waals surface area contributed by atoms with Gasteiger partial charge >= 0.3 is 6.03 Å². The molecule has 0 aliphatic rings. The normalized spacial score (nSPS) is 9.72. The highest BCUT2D eigenvalue weighted by molar-refractivity contribution is 6.11. The van der Waals surface area contributed by atoms with Gasteiger partial charge in [-0.25, -0.2) is 4.79 Å². The first kappa shape index (κ1) is 26.8. The quantitative estimate of drug-likeness (QED) is 0.242. The SMILES string of the molecule is C#Cc1cccc(NC(=O)Nc2cc(C(=O)Nc3cccc(C#C)c3)cc(C(=O)Nc3cccc(C#C)c3)c2)c1. The number of rotatable bonds is 6. The van der Waals surface area contributed by atoms with Gasteiger partial charge in [0.15, 0.2) is 0 Å². The van der Waals surface area contributed by atoms with Crippen LogP contribution in [0.15, 0.2) is 91.0 Å². The van der Waals surface area contributed by atoms with Crippen molar-refractivity contribution < 1.29 is 14.4 Å². The molecule has 0 fully saturated rings. The van der Waals surface area contributed by atoms with E-state index in [1.165, 1.54) is 18.2 Å². The maximum absolute atomic E-state index is 13.2. The Hall–Kier alpha value is -6.23. The Morgan fingerprint density at radius 2 is 0.850 bits per heavy atom. The van der Waals surface area contributed by atoms with Crippen LogP contribution in [0.3, 0.4) is 0 Å². The molecule has 7 heteroatoms. The number of carbonyl (C=O) groups excluding carboxylic acids is 3. The predicted octanol–water partition coefficient (Wildman–Crippen LogP) is 5.78. The van der Waals surface area contributed by atoms with Crippen LogP contribution >= 0.6 is 0 Å². The summed E-state index contributed by atoms with van der Waals surface area (Å²) in [7, 11) is 0. The number of amides is 4. The maximum atomic E-state index is 13.2. The first-order chi connectivity index (χ1) is 19.4. The Labute approximate surface area is 232 Å². The molecule has 4 rings (SSSR count). The van der Waals surface area contributed by atoms with Crippen molar-refractivity contribution in [1.29, 1.82) is 0 Å². The van der Waals surface area contributed by atoms with Gasteiger partial charge in [-0.05, 0) is 72.8 Å². The second-order valence-electron chi connectivity index (χ2n) is 8.46. The number of nitrogens with one attached hydrogen (secondary N) is 4. The Kier molecular flexibility index (Phi) is 8.28. The van der Waals surface area contributed by atoms with E-state index in [1.54, 1.807) is 72.8 Å². The summed E-state index contributed by atoms with van der Waals surface area (Å²) in [5.74, 6) is 6.50. The van der Waals surface area contributed by atoms with Crippen molar-refractivity contribution in [3.05, 3.63) is 119 Å². The second kappa shape index (κ2) is 12.3. The zero-order valence-electron chi connectivity index (χ0n) is 21.1. The fraction of sp³-hybridized carbons (Fsp3) is 0. The molecule has 0 radical (unpaired) electrons. The van der Waals surface area contributed by atoms with Crippen LogP contribution in [0.4, 0.5) is 27.5 Å². The van der Waals surface area contributed by atoms with Crippen LogP contribution in [-0.2, 0) is 0 Å². The summed E-state index contributed by atoms with van der Waals surface area (Å²) in [5, 5.41) is 10.9. The summed E-state index contributed by atoms with van der Waals surface area (Å²) >= 11 is 0. The lowest BCUT2D eigenvalue weighted by atomic mass is 10.1. The van der Waals surface area contributed by atoms with Crippen LogP contribution in [0.1, 0.15) is 37.4 Å². The molecule has 7 nitrogen and oxygen atoms in total. The molecule has 4 aromatic carbocycles. The molecule has 4 amide bonds. The van der Waals surface area contributed by atoms with E-state index in [1.807, 2.05) is 0 Å². The molecule has 0 spiro atoms. The third-order valence-corrected chi connectivity index (χ3v) is 5.58. The number of benzene rings is 4. The molecular weight excluding hydrogens is 500 g/mol. The fourth-order valence-corrected chi connectivity index (χ4v) is 3.72. The number of hydrogen-bond acceptors (Lipinski definition) is 3. The van der Waals surface area contributed by atoms with E-state index in [2.05, 4.69) is 39.0 Å². The van der Waals surface area contributed by atoms with E-state index in [-0.39, 0.29) is 16.8 Å². The van der Waals surface area contributed by atoms with E-state index in [0.717, 1.165) is 0 Å². The molecule has 4 N–H and O–H groups in total. The van der Waals surface area contributed by atoms with E-state index in [9.17, 15) is 14.4 Å². The molecule has 0 aliphatic carbocycles. The second-order valence-corrected chi connectivity index (χ2v) is 8.46. The summed E-state index contributed by atoms with van der Waals surface area (Å²) in [6.45, 7) is 0. The van der Waals surface area contributed by atoms with Crippen molar-refractivity contribution in [2.24, 2.45) is 0 Å². The van der Waals surface area contributed by atoms with E-state index >= 15 is 0 Å². The summed E-state index contributed by atoms with van der Waals surface area (Å²) in [4.78, 5) is 39.1. The Bertz CT molecular complexity index is 1660. The molecule has 4 aromatic rings. The van der Waals surface area contributed by atoms with Gasteiger partial charge < -0.3 is 21.3 Å². The Morgan fingerprint density at radius 1 is 0.475 bits per heavy atom. The third-order valence-electron chi connectivity index (χ3n) is 5.58. The Morgan fingerprint density at radius 3 is 1.25 bits per heavy atom. The molecule has 0 saturated heterocycles. The number of urea groups is 1. The lowest BCUT2D eigenvalue weighted by Gasteiger charge is -2.13. The molecule has 0 unspecified atom stereocenters. The number of carbonyl (C=O) groups is 3. The van der Waals surface area contributed by atoms with Gasteiger partial charge in [0.05, 0.1) is 0 Å². The van der Waals surface area contributed by atoms with Gasteiger partial charge in [-0.3, -0.25) is 9.59 Å². The average molecular weight is 523 g/mol. The minimum atomic E-state index is -0.596. The minimum absolute atomic E-state index is 0.126. The van der Waals surface area contributed by atoms with Gasteiger partial charge in [-0.15, -0.1) is 19.3 Å². The summed E-state index contributed by atoms with van der Waals surface area (Å²) < 4.78 is 0. The first-order valence-electron chi connectivity index (χ1n) is 11.9. The highest BCUT2D eigenvalue weighted by Crippen LogP contribution is 2.20. The molecule has 0 saturated carbocycles. The monoisotopic (exact) mass is 522 g/mol. The van der Waals surface area contributed by atoms with Gasteiger partial charge in [-0.2, -0.15) is 0 Å². The fourth-order valence-electron chi connectivity index (χ4n) is 3.72. The highest BCUT2D eigenvalue weighted by atomic mass is 16.2. The zero-order valence-corrected chi connectivity index (χ0v) is 21.1. The van der Waals surface area contributed by atoms with Crippen molar-refractivity contribution in [3.63, 3.8) is 0 Å². The molecule has 0 aliphatic heterocycles. The summed E-state index contributed by atoms with van der Waals surface area (Å²) in [6.07, 6.45) is 16.4. The Balaban J connectivity index is 1.62. The molecular formula is C33H22N4O3.